The maximum Gasteiger partial charge on any atom is 0.278 e. The summed E-state index contributed by atoms with van der Waals surface area (Å²) in [5.41, 5.74) is 0.0505. The molecule has 1 aromatic carbocycles. The fourth-order valence-electron chi connectivity index (χ4n) is 1.89. The van der Waals surface area contributed by atoms with Crippen molar-refractivity contribution in [2.75, 3.05) is 13.7 Å². The Morgan fingerprint density at radius 3 is 2.40 bits per heavy atom. The first kappa shape index (κ1) is 16.2. The van der Waals surface area contributed by atoms with Crippen LogP contribution in [-0.4, -0.2) is 23.7 Å². The summed E-state index contributed by atoms with van der Waals surface area (Å²) in [6.45, 7) is 4.22. The van der Waals surface area contributed by atoms with Gasteiger partial charge in [0, 0.05) is 0 Å². The quantitative estimate of drug-likeness (QED) is 0.586. The number of aliphatic hydroxyl groups is 1. The topological polar surface area (TPSA) is 81.8 Å². The number of methoxy groups -OCH3 is 1. The molecule has 0 heterocycles. The van der Waals surface area contributed by atoms with Crippen LogP contribution in [0, 0.1) is 16.0 Å². The smallest absolute Gasteiger partial charge is 0.278 e. The number of nitro benzene ring substituents is 1. The molecule has 0 saturated carbocycles. The Balaban J connectivity index is 3.04. The first-order chi connectivity index (χ1) is 9.57. The van der Waals surface area contributed by atoms with Gasteiger partial charge in [-0.2, -0.15) is 0 Å². The summed E-state index contributed by atoms with van der Waals surface area (Å²) in [5, 5.41) is 20.2. The Kier molecular flexibility index (Phi) is 6.24. The van der Waals surface area contributed by atoms with E-state index in [0.29, 0.717) is 24.0 Å². The van der Waals surface area contributed by atoms with Crippen LogP contribution in [0.3, 0.4) is 0 Å². The van der Waals surface area contributed by atoms with E-state index in [9.17, 15) is 15.2 Å². The Morgan fingerprint density at radius 1 is 1.30 bits per heavy atom. The highest BCUT2D eigenvalue weighted by Gasteiger charge is 2.19. The lowest BCUT2D eigenvalue weighted by atomic mass is 10.1. The Bertz CT molecular complexity index is 457. The van der Waals surface area contributed by atoms with Crippen molar-refractivity contribution >= 4 is 5.69 Å². The molecule has 0 aliphatic heterocycles. The number of hydrogen-bond donors (Lipinski definition) is 1. The zero-order valence-electron chi connectivity index (χ0n) is 12.1. The number of nitrogens with zero attached hydrogens (tertiary/aromatic N) is 1. The van der Waals surface area contributed by atoms with Gasteiger partial charge in [-0.25, -0.2) is 0 Å². The monoisotopic (exact) mass is 283 g/mol. The van der Waals surface area contributed by atoms with Crippen molar-refractivity contribution in [2.45, 2.75) is 33.3 Å². The molecule has 0 amide bonds. The van der Waals surface area contributed by atoms with Gasteiger partial charge in [0.1, 0.15) is 0 Å². The van der Waals surface area contributed by atoms with E-state index in [2.05, 4.69) is 13.8 Å². The van der Waals surface area contributed by atoms with Gasteiger partial charge in [-0.15, -0.1) is 0 Å². The molecule has 0 fully saturated rings. The van der Waals surface area contributed by atoms with Crippen molar-refractivity contribution in [3.63, 3.8) is 0 Å². The maximum absolute atomic E-state index is 11.0. The van der Waals surface area contributed by atoms with Crippen LogP contribution in [0.5, 0.6) is 11.5 Å². The highest BCUT2D eigenvalue weighted by atomic mass is 16.6. The van der Waals surface area contributed by atoms with E-state index >= 15 is 0 Å². The number of ether oxygens (including phenoxy) is 2. The summed E-state index contributed by atoms with van der Waals surface area (Å²) in [6.07, 6.45) is 1.96. The molecule has 0 bridgehead atoms. The molecule has 1 N–H and O–H groups in total. The third kappa shape index (κ3) is 3.84. The molecular weight excluding hydrogens is 262 g/mol. The molecule has 0 atom stereocenters. The Morgan fingerprint density at radius 2 is 1.95 bits per heavy atom. The largest absolute Gasteiger partial charge is 0.493 e. The number of nitro groups is 1. The minimum Gasteiger partial charge on any atom is -0.493 e. The van der Waals surface area contributed by atoms with Gasteiger partial charge < -0.3 is 14.6 Å². The van der Waals surface area contributed by atoms with E-state index in [0.717, 1.165) is 12.8 Å². The second-order valence-corrected chi connectivity index (χ2v) is 4.54. The molecule has 112 valence electrons. The fraction of sp³-hybridized carbons (Fsp3) is 0.571. The normalized spacial score (nSPS) is 10.7. The predicted octanol–water partition coefficient (Wildman–Crippen LogP) is 2.91. The van der Waals surface area contributed by atoms with Crippen LogP contribution >= 0.6 is 0 Å². The maximum atomic E-state index is 11.0. The zero-order chi connectivity index (χ0) is 15.1. The molecule has 1 rings (SSSR count). The summed E-state index contributed by atoms with van der Waals surface area (Å²) in [5.74, 6) is 1.13. The molecule has 0 aromatic heterocycles. The van der Waals surface area contributed by atoms with Crippen LogP contribution in [0.1, 0.15) is 32.3 Å². The average Bonchev–Trinajstić information content (AvgIpc) is 2.47. The lowest BCUT2D eigenvalue weighted by molar-refractivity contribution is -0.385. The lowest BCUT2D eigenvalue weighted by Gasteiger charge is -2.16. The number of rotatable bonds is 8. The minimum absolute atomic E-state index is 0.159. The van der Waals surface area contributed by atoms with Crippen molar-refractivity contribution in [2.24, 2.45) is 5.92 Å². The summed E-state index contributed by atoms with van der Waals surface area (Å²) < 4.78 is 10.8. The molecule has 0 radical (unpaired) electrons. The molecule has 0 saturated heterocycles. The fourth-order valence-corrected chi connectivity index (χ4v) is 1.89. The van der Waals surface area contributed by atoms with Crippen LogP contribution in [0.4, 0.5) is 5.69 Å². The second kappa shape index (κ2) is 7.69. The van der Waals surface area contributed by atoms with Crippen molar-refractivity contribution in [1.29, 1.82) is 0 Å². The molecule has 1 aromatic rings. The standard InChI is InChI=1S/C14H21NO5/c1-4-10(5-2)9-20-14-7-12(15(17)18)11(8-16)6-13(14)19-3/h6-7,10,16H,4-5,8-9H2,1-3H3. The third-order valence-corrected chi connectivity index (χ3v) is 3.36. The van der Waals surface area contributed by atoms with Crippen LogP contribution < -0.4 is 9.47 Å². The predicted molar refractivity (Wildman–Crippen MR) is 75.1 cm³/mol. The summed E-state index contributed by atoms with van der Waals surface area (Å²) in [4.78, 5) is 10.4. The molecule has 0 spiro atoms. The van der Waals surface area contributed by atoms with E-state index in [4.69, 9.17) is 9.47 Å². The average molecular weight is 283 g/mol. The van der Waals surface area contributed by atoms with Gasteiger partial charge in [0.05, 0.1) is 36.9 Å². The van der Waals surface area contributed by atoms with Crippen molar-refractivity contribution in [3.8, 4) is 11.5 Å². The number of aliphatic hydroxyl groups excluding tert-OH is 1. The van der Waals surface area contributed by atoms with E-state index < -0.39 is 11.5 Å². The van der Waals surface area contributed by atoms with E-state index in [-0.39, 0.29) is 11.3 Å². The summed E-state index contributed by atoms with van der Waals surface area (Å²) in [6, 6.07) is 2.76. The zero-order valence-corrected chi connectivity index (χ0v) is 12.1. The van der Waals surface area contributed by atoms with Gasteiger partial charge in [0.15, 0.2) is 11.5 Å². The molecule has 20 heavy (non-hydrogen) atoms. The van der Waals surface area contributed by atoms with Crippen LogP contribution in [-0.2, 0) is 6.61 Å². The molecule has 0 aliphatic rings. The van der Waals surface area contributed by atoms with Gasteiger partial charge >= 0.3 is 0 Å². The molecule has 6 nitrogen and oxygen atoms in total. The van der Waals surface area contributed by atoms with E-state index in [1.807, 2.05) is 0 Å². The van der Waals surface area contributed by atoms with Crippen molar-refractivity contribution in [3.05, 3.63) is 27.8 Å². The SMILES string of the molecule is CCC(CC)COc1cc([N+](=O)[O-])c(CO)cc1OC. The van der Waals surface area contributed by atoms with E-state index in [1.54, 1.807) is 0 Å². The number of benzene rings is 1. The van der Waals surface area contributed by atoms with Gasteiger partial charge in [0.25, 0.3) is 5.69 Å². The third-order valence-electron chi connectivity index (χ3n) is 3.36. The van der Waals surface area contributed by atoms with E-state index in [1.165, 1.54) is 19.2 Å². The second-order valence-electron chi connectivity index (χ2n) is 4.54. The minimum atomic E-state index is -0.533. The van der Waals surface area contributed by atoms with Gasteiger partial charge in [-0.1, -0.05) is 26.7 Å². The van der Waals surface area contributed by atoms with Gasteiger partial charge in [-0.3, -0.25) is 10.1 Å². The van der Waals surface area contributed by atoms with Gasteiger partial charge in [0.2, 0.25) is 0 Å². The molecule has 6 heteroatoms. The summed E-state index contributed by atoms with van der Waals surface area (Å²) >= 11 is 0. The molecule has 0 aliphatic carbocycles. The molecule has 0 unspecified atom stereocenters. The van der Waals surface area contributed by atoms with Crippen molar-refractivity contribution in [1.82, 2.24) is 0 Å². The Labute approximate surface area is 118 Å². The summed E-state index contributed by atoms with van der Waals surface area (Å²) in [7, 11) is 1.46. The Hall–Kier alpha value is -1.82. The lowest BCUT2D eigenvalue weighted by Crippen LogP contribution is -2.11. The van der Waals surface area contributed by atoms with Crippen molar-refractivity contribution < 1.29 is 19.5 Å². The molecular formula is C14H21NO5. The highest BCUT2D eigenvalue weighted by molar-refractivity contribution is 5.54. The highest BCUT2D eigenvalue weighted by Crippen LogP contribution is 2.35. The van der Waals surface area contributed by atoms with Crippen LogP contribution in [0.2, 0.25) is 0 Å². The van der Waals surface area contributed by atoms with Crippen LogP contribution in [0.25, 0.3) is 0 Å². The number of hydrogen-bond acceptors (Lipinski definition) is 5. The first-order valence-electron chi connectivity index (χ1n) is 6.66. The van der Waals surface area contributed by atoms with Crippen LogP contribution in [0.15, 0.2) is 12.1 Å². The first-order valence-corrected chi connectivity index (χ1v) is 6.66. The van der Waals surface area contributed by atoms with Gasteiger partial charge in [-0.05, 0) is 12.0 Å².